The molecule has 0 amide bonds. The average Bonchev–Trinajstić information content (AvgIpc) is 3.01. The third-order valence-corrected chi connectivity index (χ3v) is 6.04. The van der Waals surface area contributed by atoms with Crippen molar-refractivity contribution < 1.29 is 24.9 Å². The highest BCUT2D eigenvalue weighted by Crippen LogP contribution is 2.34. The smallest absolute Gasteiger partial charge is 0.303 e. The molecule has 1 aliphatic carbocycles. The maximum absolute atomic E-state index is 12.3. The van der Waals surface area contributed by atoms with Gasteiger partial charge in [0.1, 0.15) is 5.78 Å². The minimum atomic E-state index is -0.806. The van der Waals surface area contributed by atoms with E-state index in [1.165, 1.54) is 5.56 Å². The van der Waals surface area contributed by atoms with Gasteiger partial charge >= 0.3 is 5.97 Å². The molecule has 0 radical (unpaired) electrons. The zero-order chi connectivity index (χ0) is 22.6. The van der Waals surface area contributed by atoms with Crippen molar-refractivity contribution in [3.63, 3.8) is 0 Å². The summed E-state index contributed by atoms with van der Waals surface area (Å²) in [5, 5.41) is 29.6. The predicted octanol–water partition coefficient (Wildman–Crippen LogP) is 4.64. The molecule has 5 nitrogen and oxygen atoms in total. The molecule has 5 atom stereocenters. The van der Waals surface area contributed by atoms with E-state index >= 15 is 0 Å². The van der Waals surface area contributed by atoms with E-state index in [0.29, 0.717) is 25.7 Å². The maximum Gasteiger partial charge on any atom is 0.303 e. The van der Waals surface area contributed by atoms with Crippen molar-refractivity contribution in [2.45, 2.75) is 76.4 Å². The van der Waals surface area contributed by atoms with Gasteiger partial charge in [0.05, 0.1) is 12.2 Å². The summed E-state index contributed by atoms with van der Waals surface area (Å²) in [5.74, 6) is -1.09. The summed E-state index contributed by atoms with van der Waals surface area (Å²) >= 11 is 0. The van der Waals surface area contributed by atoms with Crippen molar-refractivity contribution in [1.29, 1.82) is 0 Å². The summed E-state index contributed by atoms with van der Waals surface area (Å²) in [4.78, 5) is 22.9. The molecule has 2 rings (SSSR count). The number of aliphatic hydroxyl groups excluding tert-OH is 2. The molecule has 0 spiro atoms. The van der Waals surface area contributed by atoms with Crippen molar-refractivity contribution in [3.8, 4) is 0 Å². The molecule has 5 heteroatoms. The van der Waals surface area contributed by atoms with Gasteiger partial charge in [-0.2, -0.15) is 0 Å². The summed E-state index contributed by atoms with van der Waals surface area (Å²) in [7, 11) is 0. The Morgan fingerprint density at radius 1 is 1.23 bits per heavy atom. The van der Waals surface area contributed by atoms with Crippen LogP contribution >= 0.6 is 0 Å². The molecule has 0 aliphatic heterocycles. The molecule has 0 aromatic heterocycles. The Morgan fingerprint density at radius 3 is 2.65 bits per heavy atom. The van der Waals surface area contributed by atoms with Crippen molar-refractivity contribution in [2.24, 2.45) is 11.8 Å². The first-order valence-electron chi connectivity index (χ1n) is 11.4. The lowest BCUT2D eigenvalue weighted by molar-refractivity contribution is -0.137. The van der Waals surface area contributed by atoms with Crippen LogP contribution in [0.1, 0.15) is 69.8 Å². The molecule has 1 aromatic rings. The lowest BCUT2D eigenvalue weighted by atomic mass is 9.87. The number of hydrogen-bond acceptors (Lipinski definition) is 4. The van der Waals surface area contributed by atoms with Crippen LogP contribution in [0.2, 0.25) is 0 Å². The Bertz CT molecular complexity index is 739. The van der Waals surface area contributed by atoms with Crippen LogP contribution in [0.5, 0.6) is 0 Å². The first-order chi connectivity index (χ1) is 14.9. The fourth-order valence-electron chi connectivity index (χ4n) is 4.38. The number of carbonyl (C=O) groups is 2. The Morgan fingerprint density at radius 2 is 1.97 bits per heavy atom. The first kappa shape index (κ1) is 25.0. The van der Waals surface area contributed by atoms with Crippen molar-refractivity contribution >= 4 is 11.8 Å². The number of Topliss-reactive ketones (excluding diaryl/α,β-unsaturated/α-hetero) is 1. The second-order valence-corrected chi connectivity index (χ2v) is 8.50. The molecule has 1 aliphatic rings. The monoisotopic (exact) mass is 428 g/mol. The van der Waals surface area contributed by atoms with Crippen LogP contribution in [0.25, 0.3) is 0 Å². The summed E-state index contributed by atoms with van der Waals surface area (Å²) in [6, 6.07) is 10.2. The summed E-state index contributed by atoms with van der Waals surface area (Å²) in [5.41, 5.74) is 1.22. The van der Waals surface area contributed by atoms with Gasteiger partial charge in [-0.3, -0.25) is 9.59 Å². The van der Waals surface area contributed by atoms with Gasteiger partial charge in [-0.1, -0.05) is 68.0 Å². The number of carboxylic acids is 1. The normalized spacial score (nSPS) is 23.6. The topological polar surface area (TPSA) is 94.8 Å². The Hall–Kier alpha value is -2.24. The highest BCUT2D eigenvalue weighted by molar-refractivity contribution is 5.84. The van der Waals surface area contributed by atoms with Gasteiger partial charge in [0, 0.05) is 24.7 Å². The Labute approximate surface area is 185 Å². The third kappa shape index (κ3) is 8.42. The molecule has 1 aromatic carbocycles. The van der Waals surface area contributed by atoms with Crippen LogP contribution in [0.15, 0.2) is 54.6 Å². The fraction of sp³-hybridized carbons (Fsp3) is 0.538. The third-order valence-electron chi connectivity index (χ3n) is 6.04. The molecule has 0 heterocycles. The number of benzene rings is 1. The van der Waals surface area contributed by atoms with Gasteiger partial charge in [-0.05, 0) is 43.6 Å². The van der Waals surface area contributed by atoms with Gasteiger partial charge < -0.3 is 15.3 Å². The van der Waals surface area contributed by atoms with E-state index in [-0.39, 0.29) is 36.4 Å². The SMILES string of the molecule is CCCC(CC(O)/C=C/C1C(O)CC(=O)C1C/C=C/CCCC(=O)O)c1ccccc1. The lowest BCUT2D eigenvalue weighted by Gasteiger charge is -2.20. The van der Waals surface area contributed by atoms with Crippen LogP contribution in [0.3, 0.4) is 0 Å². The summed E-state index contributed by atoms with van der Waals surface area (Å²) in [6.07, 6.45) is 10.7. The molecule has 0 bridgehead atoms. The number of ketones is 1. The maximum atomic E-state index is 12.3. The number of carbonyl (C=O) groups excluding carboxylic acids is 1. The van der Waals surface area contributed by atoms with Crippen molar-refractivity contribution in [3.05, 3.63) is 60.2 Å². The fourth-order valence-corrected chi connectivity index (χ4v) is 4.38. The zero-order valence-corrected chi connectivity index (χ0v) is 18.4. The molecule has 1 saturated carbocycles. The first-order valence-corrected chi connectivity index (χ1v) is 11.4. The molecule has 3 N–H and O–H groups in total. The standard InChI is InChI=1S/C26H36O5/c1-2-10-20(19-11-6-5-7-12-19)17-21(27)15-16-23-22(24(28)18-25(23)29)13-8-3-4-9-14-26(30)31/h3,5-8,11-12,15-16,20-23,25,27,29H,2,4,9-10,13-14,17-18H2,1H3,(H,30,31)/b8-3+,16-15+. The Kier molecular flexibility index (Phi) is 10.7. The summed E-state index contributed by atoms with van der Waals surface area (Å²) in [6.45, 7) is 2.14. The number of aliphatic carboxylic acids is 1. The van der Waals surface area contributed by atoms with Crippen LogP contribution in [0, 0.1) is 11.8 Å². The van der Waals surface area contributed by atoms with E-state index in [0.717, 1.165) is 12.8 Å². The van der Waals surface area contributed by atoms with Crippen LogP contribution < -0.4 is 0 Å². The van der Waals surface area contributed by atoms with Crippen LogP contribution in [-0.2, 0) is 9.59 Å². The highest BCUT2D eigenvalue weighted by atomic mass is 16.4. The minimum Gasteiger partial charge on any atom is -0.481 e. The van der Waals surface area contributed by atoms with Crippen molar-refractivity contribution in [1.82, 2.24) is 0 Å². The van der Waals surface area contributed by atoms with Gasteiger partial charge in [0.25, 0.3) is 0 Å². The number of aliphatic hydroxyl groups is 2. The largest absolute Gasteiger partial charge is 0.481 e. The lowest BCUT2D eigenvalue weighted by Crippen LogP contribution is -2.19. The van der Waals surface area contributed by atoms with E-state index in [9.17, 15) is 19.8 Å². The molecule has 170 valence electrons. The highest BCUT2D eigenvalue weighted by Gasteiger charge is 2.39. The molecular formula is C26H36O5. The van der Waals surface area contributed by atoms with E-state index < -0.39 is 18.2 Å². The zero-order valence-electron chi connectivity index (χ0n) is 18.4. The number of allylic oxidation sites excluding steroid dienone is 2. The van der Waals surface area contributed by atoms with Crippen molar-refractivity contribution in [2.75, 3.05) is 0 Å². The second kappa shape index (κ2) is 13.2. The molecule has 5 unspecified atom stereocenters. The van der Waals surface area contributed by atoms with E-state index in [4.69, 9.17) is 5.11 Å². The summed E-state index contributed by atoms with van der Waals surface area (Å²) < 4.78 is 0. The number of unbranched alkanes of at least 4 members (excludes halogenated alkanes) is 1. The second-order valence-electron chi connectivity index (χ2n) is 8.50. The van der Waals surface area contributed by atoms with Gasteiger partial charge in [-0.15, -0.1) is 0 Å². The molecule has 31 heavy (non-hydrogen) atoms. The molecular weight excluding hydrogens is 392 g/mol. The van der Waals surface area contributed by atoms with E-state index in [1.54, 1.807) is 6.08 Å². The van der Waals surface area contributed by atoms with Gasteiger partial charge in [0.2, 0.25) is 0 Å². The van der Waals surface area contributed by atoms with Crippen LogP contribution in [-0.4, -0.2) is 39.3 Å². The molecule has 0 saturated heterocycles. The predicted molar refractivity (Wildman–Crippen MR) is 122 cm³/mol. The quantitative estimate of drug-likeness (QED) is 0.314. The number of rotatable bonds is 13. The Balaban J connectivity index is 1.93. The van der Waals surface area contributed by atoms with Gasteiger partial charge in [-0.25, -0.2) is 0 Å². The number of carboxylic acid groups (broad SMARTS) is 1. The van der Waals surface area contributed by atoms with Gasteiger partial charge in [0.15, 0.2) is 0 Å². The van der Waals surface area contributed by atoms with Crippen LogP contribution in [0.4, 0.5) is 0 Å². The average molecular weight is 429 g/mol. The number of hydrogen-bond donors (Lipinski definition) is 3. The molecule has 1 fully saturated rings. The van der Waals surface area contributed by atoms with E-state index in [2.05, 4.69) is 19.1 Å². The minimum absolute atomic E-state index is 0.0416. The van der Waals surface area contributed by atoms with E-state index in [1.807, 2.05) is 36.4 Å².